The van der Waals surface area contributed by atoms with E-state index in [4.69, 9.17) is 0 Å². The smallest absolute Gasteiger partial charge is 0.0977 e. The number of hydrogen-bond donors (Lipinski definition) is 1. The van der Waals surface area contributed by atoms with Crippen molar-refractivity contribution >= 4 is 5.69 Å². The molecule has 3 rings (SSSR count). The Labute approximate surface area is 121 Å². The van der Waals surface area contributed by atoms with Gasteiger partial charge in [-0.25, -0.2) is 0 Å². The van der Waals surface area contributed by atoms with Crippen LogP contribution in [0.25, 0.3) is 0 Å². The number of hydrazine groups is 1. The molecule has 20 heavy (non-hydrogen) atoms. The number of anilines is 1. The molecule has 4 heteroatoms. The van der Waals surface area contributed by atoms with Crippen molar-refractivity contribution in [2.45, 2.75) is 12.5 Å². The molecule has 1 radical (unpaired) electrons. The Kier molecular flexibility index (Phi) is 3.68. The zero-order valence-electron chi connectivity index (χ0n) is 12.3. The van der Waals surface area contributed by atoms with Crippen molar-refractivity contribution in [3.8, 4) is 0 Å². The molecule has 4 nitrogen and oxygen atoms in total. The first-order chi connectivity index (χ1) is 9.67. The maximum atomic E-state index is 3.47. The molecule has 1 aromatic carbocycles. The maximum absolute atomic E-state index is 3.47. The summed E-state index contributed by atoms with van der Waals surface area (Å²) in [5, 5.41) is 2.21. The number of rotatable bonds is 3. The molecule has 0 saturated carbocycles. The van der Waals surface area contributed by atoms with E-state index >= 15 is 0 Å². The van der Waals surface area contributed by atoms with Crippen LogP contribution >= 0.6 is 0 Å². The zero-order chi connectivity index (χ0) is 14.0. The summed E-state index contributed by atoms with van der Waals surface area (Å²) < 4.78 is 0. The van der Waals surface area contributed by atoms with Crippen LogP contribution in [0.15, 0.2) is 36.5 Å². The van der Waals surface area contributed by atoms with Crippen LogP contribution in [0, 0.1) is 6.08 Å². The van der Waals surface area contributed by atoms with E-state index in [0.29, 0.717) is 0 Å². The highest BCUT2D eigenvalue weighted by Crippen LogP contribution is 2.27. The summed E-state index contributed by atoms with van der Waals surface area (Å²) in [6, 6.07) is 10.5. The van der Waals surface area contributed by atoms with Crippen molar-refractivity contribution in [2.24, 2.45) is 0 Å². The molecule has 1 saturated heterocycles. The highest BCUT2D eigenvalue weighted by Gasteiger charge is 2.36. The molecule has 0 aromatic heterocycles. The average Bonchev–Trinajstić information content (AvgIpc) is 2.84. The Bertz CT molecular complexity index is 465. The fraction of sp³-hybridized carbons (Fsp3) is 0.500. The highest BCUT2D eigenvalue weighted by molar-refractivity contribution is 5.50. The standard InChI is InChI=1S/C16H23N4/c1-16(14-19-12-10-18(2)11-13-19)8-9-17-20(16)15-6-4-3-5-7-15/h3-7,9,17H,10-14H2,1-2H3. The van der Waals surface area contributed by atoms with Crippen molar-refractivity contribution in [1.82, 2.24) is 15.2 Å². The minimum Gasteiger partial charge on any atom is -0.304 e. The SMILES string of the molecule is CN1CCN(CC2(C)[C]=CNN2c2ccccc2)CC1. The third-order valence-electron chi connectivity index (χ3n) is 4.21. The topological polar surface area (TPSA) is 21.8 Å². The van der Waals surface area contributed by atoms with E-state index in [0.717, 1.165) is 32.7 Å². The Morgan fingerprint density at radius 3 is 2.55 bits per heavy atom. The summed E-state index contributed by atoms with van der Waals surface area (Å²) >= 11 is 0. The van der Waals surface area contributed by atoms with Crippen LogP contribution < -0.4 is 10.4 Å². The van der Waals surface area contributed by atoms with Gasteiger partial charge in [-0.05, 0) is 26.1 Å². The van der Waals surface area contributed by atoms with Gasteiger partial charge in [-0.2, -0.15) is 0 Å². The van der Waals surface area contributed by atoms with Gasteiger partial charge in [-0.3, -0.25) is 9.91 Å². The van der Waals surface area contributed by atoms with Gasteiger partial charge in [0.1, 0.15) is 0 Å². The van der Waals surface area contributed by atoms with Gasteiger partial charge >= 0.3 is 0 Å². The Morgan fingerprint density at radius 1 is 1.15 bits per heavy atom. The van der Waals surface area contributed by atoms with Crippen molar-refractivity contribution in [3.63, 3.8) is 0 Å². The van der Waals surface area contributed by atoms with Crippen LogP contribution in [0.3, 0.4) is 0 Å². The largest absolute Gasteiger partial charge is 0.304 e. The predicted molar refractivity (Wildman–Crippen MR) is 82.2 cm³/mol. The van der Waals surface area contributed by atoms with Gasteiger partial charge in [0.25, 0.3) is 0 Å². The van der Waals surface area contributed by atoms with Crippen molar-refractivity contribution < 1.29 is 0 Å². The summed E-state index contributed by atoms with van der Waals surface area (Å²) in [4.78, 5) is 4.92. The number of likely N-dealkylation sites (N-methyl/N-ethyl adjacent to an activating group) is 1. The monoisotopic (exact) mass is 271 g/mol. The zero-order valence-corrected chi connectivity index (χ0v) is 12.3. The molecular formula is C16H23N4. The second-order valence-corrected chi connectivity index (χ2v) is 5.94. The van der Waals surface area contributed by atoms with E-state index in [1.54, 1.807) is 0 Å². The molecule has 0 spiro atoms. The number of para-hydroxylation sites is 1. The lowest BCUT2D eigenvalue weighted by atomic mass is 10.0. The molecule has 1 atom stereocenters. The lowest BCUT2D eigenvalue weighted by Gasteiger charge is -2.41. The van der Waals surface area contributed by atoms with E-state index in [-0.39, 0.29) is 5.54 Å². The van der Waals surface area contributed by atoms with E-state index in [1.165, 1.54) is 5.69 Å². The first-order valence-corrected chi connectivity index (χ1v) is 7.29. The number of benzene rings is 1. The lowest BCUT2D eigenvalue weighted by Crippen LogP contribution is -2.57. The van der Waals surface area contributed by atoms with E-state index in [9.17, 15) is 0 Å². The fourth-order valence-electron chi connectivity index (χ4n) is 2.95. The molecule has 107 valence electrons. The molecule has 0 bridgehead atoms. The van der Waals surface area contributed by atoms with Gasteiger partial charge in [0, 0.05) is 45.0 Å². The Hall–Kier alpha value is -1.52. The van der Waals surface area contributed by atoms with Crippen LogP contribution in [0.5, 0.6) is 0 Å². The molecular weight excluding hydrogens is 248 g/mol. The van der Waals surface area contributed by atoms with Gasteiger partial charge in [-0.15, -0.1) is 0 Å². The van der Waals surface area contributed by atoms with Gasteiger partial charge in [0.2, 0.25) is 0 Å². The third-order valence-corrected chi connectivity index (χ3v) is 4.21. The summed E-state index contributed by atoms with van der Waals surface area (Å²) in [6.07, 6.45) is 5.41. The van der Waals surface area contributed by atoms with E-state index in [1.807, 2.05) is 6.20 Å². The summed E-state index contributed by atoms with van der Waals surface area (Å²) in [7, 11) is 2.19. The fourth-order valence-corrected chi connectivity index (χ4v) is 2.95. The minimum atomic E-state index is -0.114. The van der Waals surface area contributed by atoms with Crippen LogP contribution in [0.4, 0.5) is 5.69 Å². The Morgan fingerprint density at radius 2 is 1.85 bits per heavy atom. The van der Waals surface area contributed by atoms with Crippen LogP contribution in [0.2, 0.25) is 0 Å². The molecule has 0 aliphatic carbocycles. The van der Waals surface area contributed by atoms with Crippen LogP contribution in [0.1, 0.15) is 6.92 Å². The normalized spacial score (nSPS) is 27.8. The number of nitrogens with one attached hydrogen (secondary N) is 1. The first-order valence-electron chi connectivity index (χ1n) is 7.29. The molecule has 1 aromatic rings. The maximum Gasteiger partial charge on any atom is 0.0977 e. The first kappa shape index (κ1) is 13.5. The quantitative estimate of drug-likeness (QED) is 0.895. The van der Waals surface area contributed by atoms with Gasteiger partial charge < -0.3 is 10.3 Å². The van der Waals surface area contributed by atoms with Crippen LogP contribution in [-0.4, -0.2) is 55.1 Å². The van der Waals surface area contributed by atoms with Gasteiger partial charge in [0.15, 0.2) is 0 Å². The number of piperazine rings is 1. The molecule has 1 unspecified atom stereocenters. The van der Waals surface area contributed by atoms with Crippen LogP contribution in [-0.2, 0) is 0 Å². The molecule has 0 amide bonds. The van der Waals surface area contributed by atoms with E-state index < -0.39 is 0 Å². The molecule has 2 heterocycles. The van der Waals surface area contributed by atoms with Crippen molar-refractivity contribution in [3.05, 3.63) is 42.6 Å². The van der Waals surface area contributed by atoms with Gasteiger partial charge in [-0.1, -0.05) is 18.2 Å². The summed E-state index contributed by atoms with van der Waals surface area (Å²) in [6.45, 7) is 7.82. The molecule has 1 fully saturated rings. The minimum absolute atomic E-state index is 0.114. The molecule has 2 aliphatic rings. The summed E-state index contributed by atoms with van der Waals surface area (Å²) in [5.74, 6) is 0. The average molecular weight is 271 g/mol. The van der Waals surface area contributed by atoms with E-state index in [2.05, 4.69) is 70.6 Å². The highest BCUT2D eigenvalue weighted by atomic mass is 15.6. The number of nitrogens with zero attached hydrogens (tertiary/aromatic N) is 3. The predicted octanol–water partition coefficient (Wildman–Crippen LogP) is 1.33. The molecule has 2 aliphatic heterocycles. The summed E-state index contributed by atoms with van der Waals surface area (Å²) in [5.41, 5.74) is 4.39. The second kappa shape index (κ2) is 5.46. The van der Waals surface area contributed by atoms with Crippen molar-refractivity contribution in [2.75, 3.05) is 44.8 Å². The Balaban J connectivity index is 1.71. The second-order valence-electron chi connectivity index (χ2n) is 5.94. The van der Waals surface area contributed by atoms with Crippen molar-refractivity contribution in [1.29, 1.82) is 0 Å². The van der Waals surface area contributed by atoms with Gasteiger partial charge in [0.05, 0.1) is 11.2 Å². The molecule has 1 N–H and O–H groups in total. The number of hydrogen-bond acceptors (Lipinski definition) is 4. The lowest BCUT2D eigenvalue weighted by molar-refractivity contribution is 0.136. The third kappa shape index (κ3) is 2.67.